The summed E-state index contributed by atoms with van der Waals surface area (Å²) < 4.78 is 60.9. The van der Waals surface area contributed by atoms with E-state index in [1.807, 2.05) is 0 Å². The van der Waals surface area contributed by atoms with Crippen LogP contribution in [0.1, 0.15) is 16.2 Å². The summed E-state index contributed by atoms with van der Waals surface area (Å²) in [4.78, 5) is 11.7. The summed E-state index contributed by atoms with van der Waals surface area (Å²) in [6.45, 7) is 0. The fourth-order valence-corrected chi connectivity index (χ4v) is 2.30. The van der Waals surface area contributed by atoms with E-state index in [0.717, 1.165) is 18.4 Å². The fraction of sp³-hybridized carbons (Fsp3) is 0.273. The normalized spacial score (nSPS) is 12.8. The quantitative estimate of drug-likeness (QED) is 0.807. The topological polar surface area (TPSA) is 68.5 Å². The lowest BCUT2D eigenvalue weighted by molar-refractivity contribution is -0.142. The van der Waals surface area contributed by atoms with Crippen molar-refractivity contribution in [2.75, 3.05) is 12.0 Å². The molecule has 2 heterocycles. The summed E-state index contributed by atoms with van der Waals surface area (Å²) in [5, 5.41) is 3.55. The Kier molecular flexibility index (Phi) is 3.32. The van der Waals surface area contributed by atoms with Gasteiger partial charge in [-0.3, -0.25) is 4.79 Å². The van der Waals surface area contributed by atoms with Crippen molar-refractivity contribution in [1.82, 2.24) is 9.61 Å². The van der Waals surface area contributed by atoms with Gasteiger partial charge in [-0.05, 0) is 18.2 Å². The average molecular weight is 306 g/mol. The number of pyridine rings is 1. The first kappa shape index (κ1) is 14.5. The highest BCUT2D eigenvalue weighted by atomic mass is 32.2. The number of fused-ring (bicyclic) bond motifs is 1. The van der Waals surface area contributed by atoms with Gasteiger partial charge in [0.25, 0.3) is 0 Å². The largest absolute Gasteiger partial charge is 0.433 e. The molecule has 0 fully saturated rings. The average Bonchev–Trinajstić information content (AvgIpc) is 2.68. The minimum Gasteiger partial charge on any atom is -0.291 e. The summed E-state index contributed by atoms with van der Waals surface area (Å²) in [7, 11) is -3.57. The second-order valence-corrected chi connectivity index (χ2v) is 6.41. The molecule has 0 aliphatic heterocycles. The standard InChI is InChI=1S/C11H9F3N2O3S/c1-20(18,19)6-9(17)8-5-7-3-2-4-10(11(12,13)14)16(7)15-8/h2-5H,6H2,1H3. The Bertz CT molecular complexity index is 778. The first-order chi connectivity index (χ1) is 9.08. The van der Waals surface area contributed by atoms with Crippen LogP contribution in [-0.4, -0.2) is 35.8 Å². The highest BCUT2D eigenvalue weighted by Crippen LogP contribution is 2.29. The van der Waals surface area contributed by atoms with Crippen LogP contribution >= 0.6 is 0 Å². The van der Waals surface area contributed by atoms with E-state index in [0.29, 0.717) is 4.52 Å². The number of halogens is 3. The van der Waals surface area contributed by atoms with E-state index in [1.165, 1.54) is 12.1 Å². The summed E-state index contributed by atoms with van der Waals surface area (Å²) >= 11 is 0. The van der Waals surface area contributed by atoms with Crippen LogP contribution in [0.4, 0.5) is 13.2 Å². The Balaban J connectivity index is 2.52. The third-order valence-electron chi connectivity index (χ3n) is 2.46. The van der Waals surface area contributed by atoms with Gasteiger partial charge in [0.05, 0.1) is 5.52 Å². The van der Waals surface area contributed by atoms with Crippen LogP contribution in [0.3, 0.4) is 0 Å². The molecule has 0 saturated carbocycles. The minimum absolute atomic E-state index is 0.0664. The number of ketones is 1. The molecule has 0 aliphatic rings. The number of rotatable bonds is 3. The van der Waals surface area contributed by atoms with Gasteiger partial charge in [0.1, 0.15) is 17.1 Å². The molecule has 0 saturated heterocycles. The monoisotopic (exact) mass is 306 g/mol. The molecular formula is C11H9F3N2O3S. The molecule has 0 aliphatic carbocycles. The Labute approximate surface area is 111 Å². The van der Waals surface area contributed by atoms with Crippen molar-refractivity contribution in [2.24, 2.45) is 0 Å². The molecule has 0 radical (unpaired) electrons. The number of carbonyl (C=O) groups is 1. The van der Waals surface area contributed by atoms with Crippen molar-refractivity contribution in [1.29, 1.82) is 0 Å². The number of hydrogen-bond acceptors (Lipinski definition) is 4. The first-order valence-electron chi connectivity index (χ1n) is 5.35. The van der Waals surface area contributed by atoms with Crippen LogP contribution in [0.2, 0.25) is 0 Å². The van der Waals surface area contributed by atoms with Crippen molar-refractivity contribution in [3.63, 3.8) is 0 Å². The van der Waals surface area contributed by atoms with Crippen molar-refractivity contribution in [3.05, 3.63) is 35.7 Å². The maximum Gasteiger partial charge on any atom is 0.433 e. The molecule has 0 unspecified atom stereocenters. The Morgan fingerprint density at radius 2 is 2.00 bits per heavy atom. The van der Waals surface area contributed by atoms with E-state index in [1.54, 1.807) is 0 Å². The van der Waals surface area contributed by atoms with Crippen LogP contribution < -0.4 is 0 Å². The number of hydrogen-bond donors (Lipinski definition) is 0. The molecule has 108 valence electrons. The fourth-order valence-electron chi connectivity index (χ4n) is 1.68. The van der Waals surface area contributed by atoms with E-state index >= 15 is 0 Å². The summed E-state index contributed by atoms with van der Waals surface area (Å²) in [5.74, 6) is -1.64. The maximum absolute atomic E-state index is 12.8. The molecule has 0 spiro atoms. The van der Waals surface area contributed by atoms with E-state index in [9.17, 15) is 26.4 Å². The van der Waals surface area contributed by atoms with Crippen LogP contribution in [-0.2, 0) is 16.0 Å². The van der Waals surface area contributed by atoms with Crippen molar-refractivity contribution in [2.45, 2.75) is 6.18 Å². The number of carbonyl (C=O) groups excluding carboxylic acids is 1. The SMILES string of the molecule is CS(=O)(=O)CC(=O)c1cc2cccc(C(F)(F)F)n2n1. The van der Waals surface area contributed by atoms with Gasteiger partial charge in [0.15, 0.2) is 15.6 Å². The molecule has 0 amide bonds. The van der Waals surface area contributed by atoms with Crippen LogP contribution in [0.15, 0.2) is 24.3 Å². The maximum atomic E-state index is 12.8. The number of sulfone groups is 1. The molecule has 20 heavy (non-hydrogen) atoms. The Morgan fingerprint density at radius 3 is 2.55 bits per heavy atom. The van der Waals surface area contributed by atoms with Gasteiger partial charge in [-0.25, -0.2) is 12.9 Å². The Morgan fingerprint density at radius 1 is 1.35 bits per heavy atom. The molecule has 0 N–H and O–H groups in total. The zero-order chi connectivity index (χ0) is 15.1. The summed E-state index contributed by atoms with van der Waals surface area (Å²) in [6.07, 6.45) is -3.76. The van der Waals surface area contributed by atoms with Crippen molar-refractivity contribution >= 4 is 21.1 Å². The molecule has 0 bridgehead atoms. The van der Waals surface area contributed by atoms with Gasteiger partial charge in [0.2, 0.25) is 0 Å². The van der Waals surface area contributed by atoms with Crippen LogP contribution in [0.25, 0.3) is 5.52 Å². The lowest BCUT2D eigenvalue weighted by atomic mass is 10.3. The van der Waals surface area contributed by atoms with E-state index in [2.05, 4.69) is 5.10 Å². The highest BCUT2D eigenvalue weighted by Gasteiger charge is 2.34. The van der Waals surface area contributed by atoms with E-state index < -0.39 is 33.2 Å². The molecule has 2 aromatic heterocycles. The van der Waals surface area contributed by atoms with Gasteiger partial charge >= 0.3 is 6.18 Å². The summed E-state index contributed by atoms with van der Waals surface area (Å²) in [5.41, 5.74) is -1.28. The zero-order valence-electron chi connectivity index (χ0n) is 10.2. The van der Waals surface area contributed by atoms with Crippen LogP contribution in [0.5, 0.6) is 0 Å². The lowest BCUT2D eigenvalue weighted by Gasteiger charge is -2.07. The van der Waals surface area contributed by atoms with Gasteiger partial charge in [-0.15, -0.1) is 0 Å². The van der Waals surface area contributed by atoms with Gasteiger partial charge in [-0.2, -0.15) is 18.3 Å². The predicted molar refractivity (Wildman–Crippen MR) is 64.2 cm³/mol. The Hall–Kier alpha value is -1.90. The smallest absolute Gasteiger partial charge is 0.291 e. The van der Waals surface area contributed by atoms with Crippen LogP contribution in [0, 0.1) is 0 Å². The predicted octanol–water partition coefficient (Wildman–Crippen LogP) is 1.58. The van der Waals surface area contributed by atoms with Crippen molar-refractivity contribution in [3.8, 4) is 0 Å². The molecule has 0 atom stereocenters. The molecule has 2 aromatic rings. The molecular weight excluding hydrogens is 297 g/mol. The first-order valence-corrected chi connectivity index (χ1v) is 7.41. The van der Waals surface area contributed by atoms with Gasteiger partial charge in [0, 0.05) is 6.26 Å². The minimum atomic E-state index is -4.62. The number of aromatic nitrogens is 2. The third-order valence-corrected chi connectivity index (χ3v) is 3.24. The molecule has 0 aromatic carbocycles. The number of alkyl halides is 3. The summed E-state index contributed by atoms with van der Waals surface area (Å²) in [6, 6.07) is 4.48. The van der Waals surface area contributed by atoms with Crippen molar-refractivity contribution < 1.29 is 26.4 Å². The number of Topliss-reactive ketones (excluding diaryl/α,β-unsaturated/α-hetero) is 1. The second kappa shape index (κ2) is 4.58. The zero-order valence-corrected chi connectivity index (χ0v) is 11.0. The van der Waals surface area contributed by atoms with Gasteiger partial charge < -0.3 is 0 Å². The molecule has 2 rings (SSSR count). The molecule has 5 nitrogen and oxygen atoms in total. The lowest BCUT2D eigenvalue weighted by Crippen LogP contribution is -2.16. The third kappa shape index (κ3) is 2.98. The van der Waals surface area contributed by atoms with E-state index in [4.69, 9.17) is 0 Å². The molecule has 9 heteroatoms. The number of nitrogens with zero attached hydrogens (tertiary/aromatic N) is 2. The van der Waals surface area contributed by atoms with Gasteiger partial charge in [-0.1, -0.05) is 6.07 Å². The second-order valence-electron chi connectivity index (χ2n) is 4.27. The highest BCUT2D eigenvalue weighted by molar-refractivity contribution is 7.91. The van der Waals surface area contributed by atoms with E-state index in [-0.39, 0.29) is 11.2 Å².